The third kappa shape index (κ3) is 9.50. The van der Waals surface area contributed by atoms with Gasteiger partial charge < -0.3 is 20.3 Å². The molecule has 3 aromatic carbocycles. The fourth-order valence-corrected chi connectivity index (χ4v) is 5.48. The number of rotatable bonds is 9. The molecule has 1 aliphatic heterocycles. The van der Waals surface area contributed by atoms with E-state index >= 15 is 0 Å². The van der Waals surface area contributed by atoms with Gasteiger partial charge in [0.05, 0.1) is 24.5 Å². The standard InChI is InChI=1S/C24H32N2O2.C9H14N2OS/c1-16(2)21-13-19(14-22(17(3)4)23(21)15-24(25)27)18-5-7-20(8-6-18)26-9-11-28-12-10-26;1-11(2)7-8-3-5-9(6-4-8)13(10)12/h5-8,13-14,16-17H,9-12,15H2,1-4H3,(H2,25,27);3-6H,7,10H2,1-2H3. The third-order valence-electron chi connectivity index (χ3n) is 7.15. The van der Waals surface area contributed by atoms with Crippen LogP contribution < -0.4 is 15.8 Å². The molecule has 0 spiro atoms. The van der Waals surface area contributed by atoms with Crippen LogP contribution in [-0.4, -0.2) is 55.4 Å². The minimum atomic E-state index is -1.36. The van der Waals surface area contributed by atoms with E-state index < -0.39 is 11.0 Å². The topological polar surface area (TPSA) is 102 Å². The van der Waals surface area contributed by atoms with Gasteiger partial charge in [0, 0.05) is 25.3 Å². The number of hydrogen-bond donors (Lipinski definition) is 2. The molecule has 3 aromatic rings. The summed E-state index contributed by atoms with van der Waals surface area (Å²) < 4.78 is 16.3. The zero-order chi connectivity index (χ0) is 30.1. The normalized spacial score (nSPS) is 14.2. The lowest BCUT2D eigenvalue weighted by molar-refractivity contribution is -0.117. The van der Waals surface area contributed by atoms with Crippen LogP contribution in [0.15, 0.2) is 65.6 Å². The molecule has 1 heterocycles. The molecule has 0 saturated carbocycles. The third-order valence-corrected chi connectivity index (χ3v) is 7.88. The first-order valence-corrected chi connectivity index (χ1v) is 15.5. The predicted molar refractivity (Wildman–Crippen MR) is 170 cm³/mol. The number of hydrogen-bond acceptors (Lipinski definition) is 5. The summed E-state index contributed by atoms with van der Waals surface area (Å²) in [5, 5.41) is 5.23. The summed E-state index contributed by atoms with van der Waals surface area (Å²) >= 11 is 0. The zero-order valence-corrected chi connectivity index (χ0v) is 26.2. The maximum Gasteiger partial charge on any atom is 0.221 e. The van der Waals surface area contributed by atoms with Gasteiger partial charge in [0.2, 0.25) is 5.91 Å². The van der Waals surface area contributed by atoms with Gasteiger partial charge in [0.1, 0.15) is 11.0 Å². The molecule has 0 aliphatic carbocycles. The van der Waals surface area contributed by atoms with E-state index in [-0.39, 0.29) is 5.91 Å². The number of ether oxygens (including phenoxy) is 1. The number of carbonyl (C=O) groups is 1. The molecule has 1 fully saturated rings. The molecular weight excluding hydrogens is 532 g/mol. The molecule has 0 radical (unpaired) electrons. The van der Waals surface area contributed by atoms with E-state index in [9.17, 15) is 9.00 Å². The lowest BCUT2D eigenvalue weighted by atomic mass is 9.84. The van der Waals surface area contributed by atoms with Crippen LogP contribution in [0.3, 0.4) is 0 Å². The van der Waals surface area contributed by atoms with Gasteiger partial charge in [-0.2, -0.15) is 0 Å². The fourth-order valence-electron chi connectivity index (χ4n) is 5.07. The number of morpholine rings is 1. The molecular formula is C33H46N4O3S. The van der Waals surface area contributed by atoms with Crippen LogP contribution in [0.1, 0.15) is 61.8 Å². The fraction of sp³-hybridized carbons (Fsp3) is 0.424. The number of anilines is 1. The molecule has 41 heavy (non-hydrogen) atoms. The first-order chi connectivity index (χ1) is 19.5. The Morgan fingerprint density at radius 2 is 1.44 bits per heavy atom. The molecule has 7 nitrogen and oxygen atoms in total. The Balaban J connectivity index is 0.000000298. The Bertz CT molecular complexity index is 1270. The van der Waals surface area contributed by atoms with E-state index in [2.05, 4.69) is 73.9 Å². The maximum absolute atomic E-state index is 11.7. The number of amides is 1. The van der Waals surface area contributed by atoms with Crippen molar-refractivity contribution < 1.29 is 13.7 Å². The number of primary amides is 1. The number of benzene rings is 3. The smallest absolute Gasteiger partial charge is 0.221 e. The molecule has 222 valence electrons. The summed E-state index contributed by atoms with van der Waals surface area (Å²) in [7, 11) is 2.65. The van der Waals surface area contributed by atoms with Crippen LogP contribution in [0.5, 0.6) is 0 Å². The Morgan fingerprint density at radius 1 is 0.902 bits per heavy atom. The highest BCUT2D eigenvalue weighted by molar-refractivity contribution is 7.82. The van der Waals surface area contributed by atoms with Crippen LogP contribution in [0.25, 0.3) is 11.1 Å². The van der Waals surface area contributed by atoms with Crippen LogP contribution in [0.4, 0.5) is 5.69 Å². The molecule has 1 aliphatic rings. The van der Waals surface area contributed by atoms with Gasteiger partial charge in [0.15, 0.2) is 0 Å². The minimum Gasteiger partial charge on any atom is -0.378 e. The summed E-state index contributed by atoms with van der Waals surface area (Å²) in [4.78, 5) is 16.8. The molecule has 4 N–H and O–H groups in total. The molecule has 4 rings (SSSR count). The van der Waals surface area contributed by atoms with E-state index in [0.29, 0.717) is 23.2 Å². The Kier molecular flexibility index (Phi) is 12.1. The van der Waals surface area contributed by atoms with Gasteiger partial charge in [0.25, 0.3) is 0 Å². The number of nitrogens with two attached hydrogens (primary N) is 2. The van der Waals surface area contributed by atoms with E-state index in [4.69, 9.17) is 15.6 Å². The summed E-state index contributed by atoms with van der Waals surface area (Å²) in [6.07, 6.45) is 0.303. The second-order valence-electron chi connectivity index (χ2n) is 11.4. The van der Waals surface area contributed by atoms with Crippen molar-refractivity contribution in [3.8, 4) is 11.1 Å². The second-order valence-corrected chi connectivity index (χ2v) is 12.5. The van der Waals surface area contributed by atoms with Gasteiger partial charge in [-0.1, -0.05) is 64.1 Å². The average Bonchev–Trinajstić information content (AvgIpc) is 2.93. The predicted octanol–water partition coefficient (Wildman–Crippen LogP) is 5.19. The van der Waals surface area contributed by atoms with Crippen LogP contribution in [-0.2, 0) is 33.5 Å². The van der Waals surface area contributed by atoms with Gasteiger partial charge in [-0.25, -0.2) is 9.35 Å². The number of nitrogens with zero attached hydrogens (tertiary/aromatic N) is 2. The van der Waals surface area contributed by atoms with Crippen molar-refractivity contribution in [3.05, 3.63) is 82.9 Å². The molecule has 1 saturated heterocycles. The number of carbonyl (C=O) groups excluding carboxylic acids is 1. The monoisotopic (exact) mass is 578 g/mol. The van der Waals surface area contributed by atoms with Crippen molar-refractivity contribution in [2.45, 2.75) is 57.4 Å². The average molecular weight is 579 g/mol. The lowest BCUT2D eigenvalue weighted by Crippen LogP contribution is -2.36. The van der Waals surface area contributed by atoms with E-state index in [1.807, 2.05) is 26.2 Å². The maximum atomic E-state index is 11.7. The van der Waals surface area contributed by atoms with Gasteiger partial charge in [-0.05, 0) is 83.6 Å². The van der Waals surface area contributed by atoms with Crippen molar-refractivity contribution in [3.63, 3.8) is 0 Å². The molecule has 1 atom stereocenters. The van der Waals surface area contributed by atoms with Crippen LogP contribution in [0, 0.1) is 0 Å². The van der Waals surface area contributed by atoms with E-state index in [1.165, 1.54) is 33.5 Å². The van der Waals surface area contributed by atoms with Crippen LogP contribution in [0.2, 0.25) is 0 Å². The molecule has 0 bridgehead atoms. The van der Waals surface area contributed by atoms with Gasteiger partial charge in [-0.15, -0.1) is 0 Å². The molecule has 8 heteroatoms. The molecule has 1 unspecified atom stereocenters. The van der Waals surface area contributed by atoms with Crippen molar-refractivity contribution in [1.82, 2.24) is 4.90 Å². The van der Waals surface area contributed by atoms with Crippen molar-refractivity contribution in [2.24, 2.45) is 10.9 Å². The van der Waals surface area contributed by atoms with Gasteiger partial charge in [-0.3, -0.25) is 4.79 Å². The minimum absolute atomic E-state index is 0.272. The van der Waals surface area contributed by atoms with Crippen molar-refractivity contribution in [1.29, 1.82) is 0 Å². The first-order valence-electron chi connectivity index (χ1n) is 14.2. The van der Waals surface area contributed by atoms with E-state index in [0.717, 1.165) is 38.4 Å². The Morgan fingerprint density at radius 3 is 1.88 bits per heavy atom. The Hall–Kier alpha value is -3.04. The summed E-state index contributed by atoms with van der Waals surface area (Å²) in [6.45, 7) is 13.1. The largest absolute Gasteiger partial charge is 0.378 e. The highest BCUT2D eigenvalue weighted by Crippen LogP contribution is 2.34. The molecule has 0 aromatic heterocycles. The summed E-state index contributed by atoms with van der Waals surface area (Å²) in [5.41, 5.74) is 13.9. The van der Waals surface area contributed by atoms with Crippen molar-refractivity contribution >= 4 is 22.6 Å². The SMILES string of the molecule is CC(C)c1cc(-c2ccc(N3CCOCC3)cc2)cc(C(C)C)c1CC(N)=O.CN(C)Cc1ccc(S(N)=O)cc1. The molecule has 1 amide bonds. The summed E-state index contributed by atoms with van der Waals surface area (Å²) in [5.74, 6) is 0.394. The Labute approximate surface area is 248 Å². The second kappa shape index (κ2) is 15.3. The highest BCUT2D eigenvalue weighted by atomic mass is 32.2. The first kappa shape index (κ1) is 32.5. The quantitative estimate of drug-likeness (QED) is 0.364. The zero-order valence-electron chi connectivity index (χ0n) is 25.4. The summed E-state index contributed by atoms with van der Waals surface area (Å²) in [6, 6.07) is 20.7. The lowest BCUT2D eigenvalue weighted by Gasteiger charge is -2.29. The van der Waals surface area contributed by atoms with Crippen molar-refractivity contribution in [2.75, 3.05) is 45.3 Å². The van der Waals surface area contributed by atoms with Gasteiger partial charge >= 0.3 is 0 Å². The highest BCUT2D eigenvalue weighted by Gasteiger charge is 2.18. The van der Waals surface area contributed by atoms with E-state index in [1.54, 1.807) is 12.1 Å². The van der Waals surface area contributed by atoms with Crippen LogP contribution >= 0.6 is 0 Å².